The Labute approximate surface area is 268 Å². The van der Waals surface area contributed by atoms with Crippen LogP contribution in [0, 0.1) is 17.0 Å². The Bertz CT molecular complexity index is 1690. The monoisotopic (exact) mass is 618 g/mol. The first-order chi connectivity index (χ1) is 22.4. The molecule has 4 aromatic carbocycles. The van der Waals surface area contributed by atoms with E-state index in [4.69, 9.17) is 4.99 Å². The first-order valence-electron chi connectivity index (χ1n) is 16.0. The van der Waals surface area contributed by atoms with Gasteiger partial charge in [-0.1, -0.05) is 72.8 Å². The fourth-order valence-electron chi connectivity index (χ4n) is 7.29. The van der Waals surface area contributed by atoms with Crippen LogP contribution >= 0.6 is 0 Å². The molecule has 6 nitrogen and oxygen atoms in total. The van der Waals surface area contributed by atoms with Crippen LogP contribution in [0.1, 0.15) is 42.4 Å². The van der Waals surface area contributed by atoms with Gasteiger partial charge in [0, 0.05) is 24.3 Å². The summed E-state index contributed by atoms with van der Waals surface area (Å²) in [6.45, 7) is 3.62. The number of rotatable bonds is 8. The second-order valence-corrected chi connectivity index (χ2v) is 12.5. The van der Waals surface area contributed by atoms with Gasteiger partial charge >= 0.3 is 0 Å². The van der Waals surface area contributed by atoms with E-state index in [2.05, 4.69) is 4.90 Å². The molecule has 2 fully saturated rings. The zero-order chi connectivity index (χ0) is 31.7. The molecule has 0 aliphatic carbocycles. The largest absolute Gasteiger partial charge is 0.312 e. The lowest BCUT2D eigenvalue weighted by molar-refractivity contribution is -0.130. The summed E-state index contributed by atoms with van der Waals surface area (Å²) in [6, 6.07) is 31.1. The lowest BCUT2D eigenvalue weighted by atomic mass is 9.77. The molecular weight excluding hydrogens is 582 g/mol. The zero-order valence-corrected chi connectivity index (χ0v) is 25.6. The van der Waals surface area contributed by atoms with E-state index in [0.717, 1.165) is 56.7 Å². The molecule has 0 saturated carbocycles. The van der Waals surface area contributed by atoms with Gasteiger partial charge in [0.1, 0.15) is 17.5 Å². The normalized spacial score (nSPS) is 19.2. The van der Waals surface area contributed by atoms with Crippen molar-refractivity contribution in [1.29, 1.82) is 0 Å². The maximum atomic E-state index is 14.6. The predicted octanol–water partition coefficient (Wildman–Crippen LogP) is 6.41. The number of likely N-dealkylation sites (tertiary alicyclic amines) is 1. The molecule has 7 rings (SSSR count). The molecule has 0 bridgehead atoms. The molecule has 0 N–H and O–H groups in total. The first-order valence-corrected chi connectivity index (χ1v) is 16.0. The number of carbonyl (C=O) groups excluding carboxylic acids is 2. The Morgan fingerprint density at radius 3 is 1.76 bits per heavy atom. The fourth-order valence-corrected chi connectivity index (χ4v) is 7.29. The van der Waals surface area contributed by atoms with Gasteiger partial charge in [0.25, 0.3) is 5.91 Å². The van der Waals surface area contributed by atoms with Crippen molar-refractivity contribution in [3.8, 4) is 0 Å². The third kappa shape index (κ3) is 5.30. The zero-order valence-electron chi connectivity index (χ0n) is 25.6. The van der Waals surface area contributed by atoms with Gasteiger partial charge in [-0.25, -0.2) is 13.8 Å². The average molecular weight is 619 g/mol. The van der Waals surface area contributed by atoms with Gasteiger partial charge < -0.3 is 9.80 Å². The summed E-state index contributed by atoms with van der Waals surface area (Å²) in [4.78, 5) is 39.3. The second-order valence-electron chi connectivity index (χ2n) is 12.5. The van der Waals surface area contributed by atoms with E-state index in [-0.39, 0.29) is 17.2 Å². The number of halogens is 2. The van der Waals surface area contributed by atoms with Gasteiger partial charge in [-0.15, -0.1) is 0 Å². The van der Waals surface area contributed by atoms with Crippen LogP contribution in [0.5, 0.6) is 0 Å². The summed E-state index contributed by atoms with van der Waals surface area (Å²) >= 11 is 0. The number of nitrogens with zero attached hydrogens (tertiary/aromatic N) is 4. The van der Waals surface area contributed by atoms with Crippen LogP contribution in [-0.4, -0.2) is 60.2 Å². The molecule has 0 unspecified atom stereocenters. The van der Waals surface area contributed by atoms with Gasteiger partial charge in [-0.2, -0.15) is 0 Å². The van der Waals surface area contributed by atoms with Gasteiger partial charge in [-0.3, -0.25) is 14.5 Å². The number of carbonyl (C=O) groups is 2. The number of piperidine rings is 1. The molecule has 8 heteroatoms. The Balaban J connectivity index is 1.09. The van der Waals surface area contributed by atoms with Crippen LogP contribution in [0.15, 0.2) is 114 Å². The molecule has 3 aliphatic rings. The smallest absolute Gasteiger partial charge is 0.265 e. The topological polar surface area (TPSA) is 56.2 Å². The lowest BCUT2D eigenvalue weighted by Gasteiger charge is -2.38. The fraction of sp³-hybridized carbons (Fsp3) is 0.289. The Morgan fingerprint density at radius 1 is 0.630 bits per heavy atom. The molecule has 0 atom stereocenters. The molecule has 3 aliphatic heterocycles. The van der Waals surface area contributed by atoms with Crippen molar-refractivity contribution < 1.29 is 18.4 Å². The van der Waals surface area contributed by atoms with Gasteiger partial charge in [0.05, 0.1) is 5.41 Å². The molecule has 46 heavy (non-hydrogen) atoms. The Morgan fingerprint density at radius 2 is 1.17 bits per heavy atom. The van der Waals surface area contributed by atoms with Crippen LogP contribution in [0.4, 0.5) is 14.5 Å². The highest BCUT2D eigenvalue weighted by Gasteiger charge is 2.51. The van der Waals surface area contributed by atoms with E-state index in [1.807, 2.05) is 65.6 Å². The molecule has 4 aromatic rings. The molecule has 2 saturated heterocycles. The number of amidine groups is 1. The van der Waals surface area contributed by atoms with Crippen molar-refractivity contribution in [2.24, 2.45) is 10.4 Å². The Hall–Kier alpha value is -4.69. The summed E-state index contributed by atoms with van der Waals surface area (Å²) in [5, 5.41) is 0. The minimum absolute atomic E-state index is 0.239. The maximum Gasteiger partial charge on any atom is 0.265 e. The minimum Gasteiger partial charge on any atom is -0.312 e. The highest BCUT2D eigenvalue weighted by atomic mass is 19.1. The van der Waals surface area contributed by atoms with E-state index >= 15 is 0 Å². The number of benzene rings is 4. The van der Waals surface area contributed by atoms with E-state index in [1.165, 1.54) is 24.3 Å². The Kier molecular flexibility index (Phi) is 7.99. The molecule has 0 radical (unpaired) electrons. The summed E-state index contributed by atoms with van der Waals surface area (Å²) < 4.78 is 28.0. The van der Waals surface area contributed by atoms with Crippen molar-refractivity contribution >= 4 is 23.3 Å². The number of aliphatic imine (C=N–C) groups is 1. The van der Waals surface area contributed by atoms with Crippen LogP contribution in [0.3, 0.4) is 0 Å². The van der Waals surface area contributed by atoms with Gasteiger partial charge in [-0.05, 0) is 92.8 Å². The van der Waals surface area contributed by atoms with E-state index < -0.39 is 17.2 Å². The van der Waals surface area contributed by atoms with Crippen molar-refractivity contribution in [2.75, 3.05) is 37.6 Å². The molecule has 234 valence electrons. The summed E-state index contributed by atoms with van der Waals surface area (Å²) in [5.41, 5.74) is 1.04. The van der Waals surface area contributed by atoms with Crippen molar-refractivity contribution in [3.63, 3.8) is 0 Å². The van der Waals surface area contributed by atoms with Crippen LogP contribution in [0.25, 0.3) is 0 Å². The number of anilines is 1. The third-order valence-corrected chi connectivity index (χ3v) is 9.89. The summed E-state index contributed by atoms with van der Waals surface area (Å²) in [7, 11) is 0. The van der Waals surface area contributed by atoms with E-state index in [9.17, 15) is 18.4 Å². The SMILES string of the molecule is O=C1N(c2ccccc2)CCC12CCN(CCCN1C(=O)C(c3ccc(F)cc3)(c3ccc(F)cc3)N=C1c1ccccc1)CC2. The van der Waals surface area contributed by atoms with Gasteiger partial charge in [0.15, 0.2) is 5.54 Å². The summed E-state index contributed by atoms with van der Waals surface area (Å²) in [6.07, 6.45) is 3.24. The van der Waals surface area contributed by atoms with Crippen LogP contribution in [0.2, 0.25) is 0 Å². The standard InChI is InChI=1S/C38H36F2N4O2/c39-31-16-12-29(13-17-31)38(30-14-18-32(40)19-15-30)36(46)44(34(41-38)28-8-3-1-4-9-28)24-7-23-42-25-20-37(21-26-42)22-27-43(35(37)45)33-10-5-2-6-11-33/h1-6,8-19H,7,20-27H2. The van der Waals surface area contributed by atoms with E-state index in [0.29, 0.717) is 29.9 Å². The second kappa shape index (κ2) is 12.2. The molecular formula is C38H36F2N4O2. The maximum absolute atomic E-state index is 14.6. The number of hydrogen-bond donors (Lipinski definition) is 0. The van der Waals surface area contributed by atoms with Crippen LogP contribution < -0.4 is 4.90 Å². The molecule has 1 spiro atoms. The third-order valence-electron chi connectivity index (χ3n) is 9.89. The van der Waals surface area contributed by atoms with Crippen molar-refractivity contribution in [3.05, 3.63) is 138 Å². The van der Waals surface area contributed by atoms with Gasteiger partial charge in [0.2, 0.25) is 5.91 Å². The average Bonchev–Trinajstić information content (AvgIpc) is 3.57. The molecule has 2 amide bonds. The van der Waals surface area contributed by atoms with Crippen LogP contribution in [-0.2, 0) is 15.1 Å². The molecule has 3 heterocycles. The molecule has 0 aromatic heterocycles. The highest BCUT2D eigenvalue weighted by molar-refractivity contribution is 6.16. The number of para-hydroxylation sites is 1. The number of hydrogen-bond acceptors (Lipinski definition) is 4. The highest BCUT2D eigenvalue weighted by Crippen LogP contribution is 2.44. The number of amides is 2. The predicted molar refractivity (Wildman–Crippen MR) is 174 cm³/mol. The quantitative estimate of drug-likeness (QED) is 0.230. The van der Waals surface area contributed by atoms with E-state index in [1.54, 1.807) is 29.2 Å². The van der Waals surface area contributed by atoms with Crippen molar-refractivity contribution in [1.82, 2.24) is 9.80 Å². The van der Waals surface area contributed by atoms with Crippen molar-refractivity contribution in [2.45, 2.75) is 31.2 Å². The summed E-state index contributed by atoms with van der Waals surface area (Å²) in [5.74, 6) is -0.303. The first kappa shape index (κ1) is 30.0. The minimum atomic E-state index is -1.47. The lowest BCUT2D eigenvalue weighted by Crippen LogP contribution is -2.46.